The monoisotopic (exact) mass is 284 g/mol. The molecule has 21 heavy (non-hydrogen) atoms. The number of aryl methyl sites for hydroxylation is 1. The lowest BCUT2D eigenvalue weighted by Crippen LogP contribution is -2.37. The molecule has 1 amide bonds. The van der Waals surface area contributed by atoms with Crippen LogP contribution in [-0.4, -0.2) is 24.1 Å². The summed E-state index contributed by atoms with van der Waals surface area (Å²) in [6, 6.07) is 13.5. The van der Waals surface area contributed by atoms with Crippen LogP contribution < -0.4 is 5.32 Å². The Bertz CT molecular complexity index is 581. The molecule has 0 bridgehead atoms. The summed E-state index contributed by atoms with van der Waals surface area (Å²) in [6.07, 6.45) is 1.23. The molecule has 0 aliphatic rings. The zero-order chi connectivity index (χ0) is 15.2. The van der Waals surface area contributed by atoms with E-state index in [0.717, 1.165) is 11.3 Å². The van der Waals surface area contributed by atoms with E-state index in [4.69, 9.17) is 4.74 Å². The van der Waals surface area contributed by atoms with Crippen molar-refractivity contribution in [1.29, 1.82) is 0 Å². The van der Waals surface area contributed by atoms with Gasteiger partial charge in [0.1, 0.15) is 6.10 Å². The van der Waals surface area contributed by atoms with Crippen molar-refractivity contribution in [2.24, 2.45) is 0 Å². The van der Waals surface area contributed by atoms with Gasteiger partial charge in [0.15, 0.2) is 0 Å². The van der Waals surface area contributed by atoms with Gasteiger partial charge in [0.05, 0.1) is 11.7 Å². The molecule has 110 valence electrons. The number of rotatable bonds is 5. The Balaban J connectivity index is 2.31. The van der Waals surface area contributed by atoms with Crippen molar-refractivity contribution in [1.82, 2.24) is 10.3 Å². The van der Waals surface area contributed by atoms with Gasteiger partial charge in [0.2, 0.25) is 5.91 Å². The molecule has 1 N–H and O–H groups in total. The molecule has 0 spiro atoms. The van der Waals surface area contributed by atoms with Crippen molar-refractivity contribution in [3.8, 4) is 0 Å². The summed E-state index contributed by atoms with van der Waals surface area (Å²) >= 11 is 0. The third-order valence-corrected chi connectivity index (χ3v) is 3.40. The molecule has 2 aromatic rings. The maximum Gasteiger partial charge on any atom is 0.249 e. The number of amides is 1. The second kappa shape index (κ2) is 6.99. The second-order valence-corrected chi connectivity index (χ2v) is 4.98. The first-order valence-electron chi connectivity index (χ1n) is 6.92. The molecule has 0 radical (unpaired) electrons. The molecule has 0 saturated carbocycles. The number of pyridine rings is 1. The molecule has 1 heterocycles. The van der Waals surface area contributed by atoms with Gasteiger partial charge in [0.25, 0.3) is 0 Å². The molecule has 1 aromatic carbocycles. The molecule has 0 aliphatic carbocycles. The first kappa shape index (κ1) is 15.2. The number of nitrogens with one attached hydrogen (secondary N) is 1. The third kappa shape index (κ3) is 3.89. The highest BCUT2D eigenvalue weighted by Crippen LogP contribution is 2.21. The van der Waals surface area contributed by atoms with Crippen LogP contribution in [0.5, 0.6) is 0 Å². The highest BCUT2D eigenvalue weighted by Gasteiger charge is 2.21. The second-order valence-electron chi connectivity index (χ2n) is 4.98. The number of aromatic nitrogens is 1. The van der Waals surface area contributed by atoms with E-state index in [1.807, 2.05) is 49.4 Å². The lowest BCUT2D eigenvalue weighted by Gasteiger charge is -2.21. The van der Waals surface area contributed by atoms with Gasteiger partial charge in [-0.1, -0.05) is 35.9 Å². The van der Waals surface area contributed by atoms with Gasteiger partial charge in [0, 0.05) is 13.3 Å². The highest BCUT2D eigenvalue weighted by atomic mass is 16.5. The lowest BCUT2D eigenvalue weighted by atomic mass is 10.0. The summed E-state index contributed by atoms with van der Waals surface area (Å²) in [6.45, 7) is 3.76. The quantitative estimate of drug-likeness (QED) is 0.918. The Kier molecular flexibility index (Phi) is 5.06. The van der Waals surface area contributed by atoms with Gasteiger partial charge in [-0.2, -0.15) is 0 Å². The lowest BCUT2D eigenvalue weighted by molar-refractivity contribution is -0.130. The summed E-state index contributed by atoms with van der Waals surface area (Å²) in [7, 11) is 1.52. The van der Waals surface area contributed by atoms with E-state index in [1.165, 1.54) is 12.7 Å². The van der Waals surface area contributed by atoms with Gasteiger partial charge in [-0.05, 0) is 31.5 Å². The van der Waals surface area contributed by atoms with E-state index in [0.29, 0.717) is 0 Å². The van der Waals surface area contributed by atoms with Crippen LogP contribution in [-0.2, 0) is 9.53 Å². The van der Waals surface area contributed by atoms with Crippen molar-refractivity contribution in [3.05, 3.63) is 65.5 Å². The largest absolute Gasteiger partial charge is 0.372 e. The fourth-order valence-corrected chi connectivity index (χ4v) is 2.00. The van der Waals surface area contributed by atoms with E-state index >= 15 is 0 Å². The summed E-state index contributed by atoms with van der Waals surface area (Å²) in [5.74, 6) is -0.159. The van der Waals surface area contributed by atoms with Gasteiger partial charge in [-0.25, -0.2) is 0 Å². The van der Waals surface area contributed by atoms with Crippen LogP contribution in [0.15, 0.2) is 48.7 Å². The van der Waals surface area contributed by atoms with Crippen molar-refractivity contribution < 1.29 is 9.53 Å². The molecule has 0 saturated heterocycles. The van der Waals surface area contributed by atoms with E-state index in [1.54, 1.807) is 13.1 Å². The Labute approximate surface area is 125 Å². The first-order chi connectivity index (χ1) is 10.1. The van der Waals surface area contributed by atoms with E-state index in [-0.39, 0.29) is 11.9 Å². The number of ether oxygens (including phenoxy) is 1. The van der Waals surface area contributed by atoms with Crippen molar-refractivity contribution >= 4 is 5.91 Å². The molecule has 0 fully saturated rings. The third-order valence-electron chi connectivity index (χ3n) is 3.40. The molecule has 0 aliphatic heterocycles. The number of carbonyl (C=O) groups is 1. The summed E-state index contributed by atoms with van der Waals surface area (Å²) in [5, 5.41) is 2.99. The molecular formula is C17H20N2O2. The molecule has 4 heteroatoms. The maximum absolute atomic E-state index is 12.1. The Hall–Kier alpha value is -2.20. The van der Waals surface area contributed by atoms with Crippen LogP contribution in [0, 0.1) is 6.92 Å². The predicted molar refractivity (Wildman–Crippen MR) is 81.9 cm³/mol. The van der Waals surface area contributed by atoms with Crippen LogP contribution in [0.4, 0.5) is 0 Å². The number of hydrogen-bond donors (Lipinski definition) is 1. The first-order valence-corrected chi connectivity index (χ1v) is 6.92. The van der Waals surface area contributed by atoms with Crippen molar-refractivity contribution in [3.63, 3.8) is 0 Å². The average Bonchev–Trinajstić information content (AvgIpc) is 2.53. The summed E-state index contributed by atoms with van der Waals surface area (Å²) in [4.78, 5) is 16.5. The summed E-state index contributed by atoms with van der Waals surface area (Å²) in [5.41, 5.74) is 2.98. The Morgan fingerprint density at radius 2 is 1.90 bits per heavy atom. The minimum absolute atomic E-state index is 0.159. The number of hydrogen-bond acceptors (Lipinski definition) is 3. The van der Waals surface area contributed by atoms with E-state index in [9.17, 15) is 4.79 Å². The molecule has 4 nitrogen and oxygen atoms in total. The van der Waals surface area contributed by atoms with Crippen LogP contribution in [0.3, 0.4) is 0 Å². The van der Waals surface area contributed by atoms with Crippen LogP contribution >= 0.6 is 0 Å². The minimum atomic E-state index is -0.498. The van der Waals surface area contributed by atoms with E-state index in [2.05, 4.69) is 10.3 Å². The van der Waals surface area contributed by atoms with Crippen LogP contribution in [0.25, 0.3) is 0 Å². The fourth-order valence-electron chi connectivity index (χ4n) is 2.00. The smallest absolute Gasteiger partial charge is 0.249 e. The number of nitrogens with zero attached hydrogens (tertiary/aromatic N) is 1. The average molecular weight is 284 g/mol. The van der Waals surface area contributed by atoms with Crippen molar-refractivity contribution in [2.75, 3.05) is 7.11 Å². The normalized spacial score (nSPS) is 13.5. The molecule has 0 unspecified atom stereocenters. The fraction of sp³-hybridized carbons (Fsp3) is 0.294. The van der Waals surface area contributed by atoms with Gasteiger partial charge in [-0.3, -0.25) is 9.78 Å². The zero-order valence-electron chi connectivity index (χ0n) is 12.5. The highest BCUT2D eigenvalue weighted by molar-refractivity contribution is 5.81. The standard InChI is InChI=1S/C17H20N2O2/c1-12-7-9-14(10-8-12)16(15-6-4-5-11-18-15)19-17(20)13(2)21-3/h4-11,13,16H,1-3H3,(H,19,20)/t13-,16+/m0/s1. The molecular weight excluding hydrogens is 264 g/mol. The predicted octanol–water partition coefficient (Wildman–Crippen LogP) is 2.63. The number of benzene rings is 1. The summed E-state index contributed by atoms with van der Waals surface area (Å²) < 4.78 is 5.07. The Morgan fingerprint density at radius 1 is 1.19 bits per heavy atom. The Morgan fingerprint density at radius 3 is 2.48 bits per heavy atom. The zero-order valence-corrected chi connectivity index (χ0v) is 12.5. The van der Waals surface area contributed by atoms with Crippen molar-refractivity contribution in [2.45, 2.75) is 26.0 Å². The van der Waals surface area contributed by atoms with Crippen LogP contribution in [0.1, 0.15) is 29.8 Å². The van der Waals surface area contributed by atoms with Crippen LogP contribution in [0.2, 0.25) is 0 Å². The van der Waals surface area contributed by atoms with E-state index < -0.39 is 6.10 Å². The molecule has 2 rings (SSSR count). The topological polar surface area (TPSA) is 51.2 Å². The van der Waals surface area contributed by atoms with Gasteiger partial charge in [-0.15, -0.1) is 0 Å². The van der Waals surface area contributed by atoms with Gasteiger partial charge < -0.3 is 10.1 Å². The van der Waals surface area contributed by atoms with Gasteiger partial charge >= 0.3 is 0 Å². The molecule has 2 atom stereocenters. The maximum atomic E-state index is 12.1. The number of carbonyl (C=O) groups excluding carboxylic acids is 1. The number of methoxy groups -OCH3 is 1. The molecule has 1 aromatic heterocycles. The SMILES string of the molecule is CO[C@@H](C)C(=O)N[C@H](c1ccc(C)cc1)c1ccccn1. The minimum Gasteiger partial charge on any atom is -0.372 e.